The second kappa shape index (κ2) is 82.6. The summed E-state index contributed by atoms with van der Waals surface area (Å²) >= 11 is 0. The lowest BCUT2D eigenvalue weighted by Gasteiger charge is -2.21. The van der Waals surface area contributed by atoms with E-state index >= 15 is 0 Å². The molecule has 0 spiro atoms. The lowest BCUT2D eigenvalue weighted by atomic mass is 10.0. The van der Waals surface area contributed by atoms with E-state index in [1.54, 1.807) is 0 Å². The molecule has 648 valence electrons. The number of ether oxygens (including phenoxy) is 4. The second-order valence-electron chi connectivity index (χ2n) is 32.8. The van der Waals surface area contributed by atoms with Gasteiger partial charge in [0, 0.05) is 25.7 Å². The smallest absolute Gasteiger partial charge is 0.462 e. The van der Waals surface area contributed by atoms with Crippen molar-refractivity contribution in [2.24, 2.45) is 5.92 Å². The van der Waals surface area contributed by atoms with Crippen molar-refractivity contribution in [1.82, 2.24) is 0 Å². The maximum absolute atomic E-state index is 13.2. The summed E-state index contributed by atoms with van der Waals surface area (Å²) in [6.45, 7) is 7.41. The van der Waals surface area contributed by atoms with E-state index in [1.807, 2.05) is 0 Å². The number of carbonyl (C=O) groups is 4. The van der Waals surface area contributed by atoms with E-state index in [4.69, 9.17) is 37.0 Å². The summed E-state index contributed by atoms with van der Waals surface area (Å²) in [4.78, 5) is 73.3. The lowest BCUT2D eigenvalue weighted by molar-refractivity contribution is -0.161. The first kappa shape index (κ1) is 107. The van der Waals surface area contributed by atoms with Crippen molar-refractivity contribution in [3.05, 3.63) is 0 Å². The van der Waals surface area contributed by atoms with Crippen molar-refractivity contribution in [3.63, 3.8) is 0 Å². The summed E-state index contributed by atoms with van der Waals surface area (Å²) in [5, 5.41) is 10.7. The SMILES string of the molecule is CCCCCCCCCCCCCCCCCCCCCCC(=O)OC[C@H](COP(=O)(O)OC[C@@H](O)COP(=O)(O)OC[C@@H](COC(=O)CCCCCCCCCCC)OC(=O)CCCCCCCCCCCCCCCCCCCCC)OC(=O)CCCCCCCCCCCCCCCCCCCCC(C)C. The molecule has 0 aromatic rings. The van der Waals surface area contributed by atoms with Crippen LogP contribution in [-0.4, -0.2) is 96.7 Å². The summed E-state index contributed by atoms with van der Waals surface area (Å²) in [6, 6.07) is 0. The third kappa shape index (κ3) is 83.8. The van der Waals surface area contributed by atoms with Crippen molar-refractivity contribution in [3.8, 4) is 0 Å². The Balaban J connectivity index is 5.19. The van der Waals surface area contributed by atoms with E-state index in [0.717, 1.165) is 95.8 Å². The van der Waals surface area contributed by atoms with Crippen molar-refractivity contribution < 1.29 is 80.2 Å². The molecule has 3 N–H and O–H groups in total. The molecule has 0 aliphatic carbocycles. The van der Waals surface area contributed by atoms with Crippen LogP contribution in [0.2, 0.25) is 0 Å². The number of esters is 4. The van der Waals surface area contributed by atoms with Gasteiger partial charge in [-0.2, -0.15) is 0 Å². The molecule has 0 amide bonds. The first-order valence-corrected chi connectivity index (χ1v) is 49.6. The first-order valence-electron chi connectivity index (χ1n) is 46.6. The Kier molecular flexibility index (Phi) is 81.1. The number of hydrogen-bond donors (Lipinski definition) is 3. The van der Waals surface area contributed by atoms with Gasteiger partial charge < -0.3 is 33.8 Å². The van der Waals surface area contributed by atoms with Crippen LogP contribution in [-0.2, 0) is 65.4 Å². The number of phosphoric acid groups is 2. The maximum atomic E-state index is 13.2. The molecular formula is C90H176O17P2. The predicted molar refractivity (Wildman–Crippen MR) is 451 cm³/mol. The van der Waals surface area contributed by atoms with Gasteiger partial charge in [0.15, 0.2) is 12.2 Å². The lowest BCUT2D eigenvalue weighted by Crippen LogP contribution is -2.30. The van der Waals surface area contributed by atoms with E-state index in [9.17, 15) is 43.2 Å². The molecule has 0 fully saturated rings. The zero-order chi connectivity index (χ0) is 79.7. The molecule has 0 radical (unpaired) electrons. The maximum Gasteiger partial charge on any atom is 0.472 e. The van der Waals surface area contributed by atoms with Crippen molar-refractivity contribution in [2.45, 2.75) is 509 Å². The minimum absolute atomic E-state index is 0.109. The standard InChI is InChI=1S/C90H176O17P2/c1-6-9-12-15-18-21-23-25-27-29-31-33-37-41-45-49-54-59-64-69-74-88(93)101-80-86(107-90(95)76-71-66-61-56-51-47-43-39-35-34-36-40-44-48-53-57-62-67-72-83(4)5)82-105-109(98,99)103-78-84(91)77-102-108(96,97)104-81-85(79-100-87(92)73-68-63-58-52-20-17-14-11-8-3)106-89(94)75-70-65-60-55-50-46-42-38-32-30-28-26-24-22-19-16-13-10-7-2/h83-86,91H,6-82H2,1-5H3,(H,96,97)(H,98,99)/t84-,85+,86+/m0/s1. The highest BCUT2D eigenvalue weighted by atomic mass is 31.2. The van der Waals surface area contributed by atoms with Gasteiger partial charge in [-0.05, 0) is 31.6 Å². The van der Waals surface area contributed by atoms with Gasteiger partial charge in [0.2, 0.25) is 0 Å². The Morgan fingerprint density at radius 1 is 0.248 bits per heavy atom. The highest BCUT2D eigenvalue weighted by Gasteiger charge is 2.31. The normalized spacial score (nSPS) is 13.7. The van der Waals surface area contributed by atoms with Crippen molar-refractivity contribution in [1.29, 1.82) is 0 Å². The summed E-state index contributed by atoms with van der Waals surface area (Å²) in [5.74, 6) is -1.28. The van der Waals surface area contributed by atoms with E-state index in [0.29, 0.717) is 25.7 Å². The van der Waals surface area contributed by atoms with Crippen molar-refractivity contribution >= 4 is 39.5 Å². The Bertz CT molecular complexity index is 2070. The average Bonchev–Trinajstić information content (AvgIpc) is 0.900. The summed E-state index contributed by atoms with van der Waals surface area (Å²) in [7, 11) is -9.93. The molecule has 17 nitrogen and oxygen atoms in total. The van der Waals surface area contributed by atoms with Gasteiger partial charge in [0.25, 0.3) is 0 Å². The molecule has 0 heterocycles. The number of aliphatic hydroxyl groups excluding tert-OH is 1. The van der Waals surface area contributed by atoms with Gasteiger partial charge in [0.05, 0.1) is 26.4 Å². The van der Waals surface area contributed by atoms with Crippen LogP contribution in [0.5, 0.6) is 0 Å². The minimum atomic E-state index is -4.97. The Hall–Kier alpha value is -1.94. The van der Waals surface area contributed by atoms with E-state index in [-0.39, 0.29) is 25.7 Å². The van der Waals surface area contributed by atoms with Crippen LogP contribution in [0.3, 0.4) is 0 Å². The first-order chi connectivity index (χ1) is 53.0. The molecule has 0 rings (SSSR count). The zero-order valence-corrected chi connectivity index (χ0v) is 73.5. The second-order valence-corrected chi connectivity index (χ2v) is 35.7. The van der Waals surface area contributed by atoms with Gasteiger partial charge in [0.1, 0.15) is 19.3 Å². The van der Waals surface area contributed by atoms with Crippen LogP contribution in [0, 0.1) is 5.92 Å². The average molecular weight is 1590 g/mol. The molecule has 19 heteroatoms. The number of carbonyl (C=O) groups excluding carboxylic acids is 4. The topological polar surface area (TPSA) is 237 Å². The van der Waals surface area contributed by atoms with Crippen LogP contribution in [0.25, 0.3) is 0 Å². The minimum Gasteiger partial charge on any atom is -0.462 e. The number of phosphoric ester groups is 2. The predicted octanol–water partition coefficient (Wildman–Crippen LogP) is 27.9. The fourth-order valence-corrected chi connectivity index (χ4v) is 15.8. The van der Waals surface area contributed by atoms with Gasteiger partial charge >= 0.3 is 39.5 Å². The number of unbranched alkanes of at least 4 members (excludes halogenated alkanes) is 62. The molecule has 0 saturated heterocycles. The quantitative estimate of drug-likeness (QED) is 0.0222. The monoisotopic (exact) mass is 1590 g/mol. The number of rotatable bonds is 90. The summed E-state index contributed by atoms with van der Waals surface area (Å²) < 4.78 is 69.0. The molecule has 0 bridgehead atoms. The molecule has 2 unspecified atom stereocenters. The van der Waals surface area contributed by atoms with Crippen LogP contribution in [0.1, 0.15) is 490 Å². The molecular weight excluding hydrogens is 1410 g/mol. The molecule has 0 aliphatic rings. The summed E-state index contributed by atoms with van der Waals surface area (Å²) in [6.07, 6.45) is 77.9. The molecule has 0 aromatic heterocycles. The Morgan fingerprint density at radius 3 is 0.624 bits per heavy atom. The van der Waals surface area contributed by atoms with E-state index < -0.39 is 97.5 Å². The van der Waals surface area contributed by atoms with Crippen LogP contribution < -0.4 is 0 Å². The third-order valence-electron chi connectivity index (χ3n) is 21.3. The van der Waals surface area contributed by atoms with E-state index in [1.165, 1.54) is 315 Å². The zero-order valence-electron chi connectivity index (χ0n) is 71.7. The van der Waals surface area contributed by atoms with Gasteiger partial charge in [-0.1, -0.05) is 439 Å². The van der Waals surface area contributed by atoms with Crippen LogP contribution >= 0.6 is 15.6 Å². The fraction of sp³-hybridized carbons (Fsp3) is 0.956. The molecule has 0 aromatic carbocycles. The van der Waals surface area contributed by atoms with E-state index in [2.05, 4.69) is 34.6 Å². The van der Waals surface area contributed by atoms with Gasteiger partial charge in [-0.15, -0.1) is 0 Å². The van der Waals surface area contributed by atoms with Gasteiger partial charge in [-0.3, -0.25) is 37.3 Å². The van der Waals surface area contributed by atoms with Gasteiger partial charge in [-0.25, -0.2) is 9.13 Å². The Labute approximate surface area is 670 Å². The van der Waals surface area contributed by atoms with Crippen LogP contribution in [0.15, 0.2) is 0 Å². The molecule has 109 heavy (non-hydrogen) atoms. The largest absolute Gasteiger partial charge is 0.472 e. The molecule has 0 saturated carbocycles. The van der Waals surface area contributed by atoms with Crippen LogP contribution in [0.4, 0.5) is 0 Å². The number of hydrogen-bond acceptors (Lipinski definition) is 15. The van der Waals surface area contributed by atoms with Crippen molar-refractivity contribution in [2.75, 3.05) is 39.6 Å². The highest BCUT2D eigenvalue weighted by Crippen LogP contribution is 2.45. The fourth-order valence-electron chi connectivity index (χ4n) is 14.2. The highest BCUT2D eigenvalue weighted by molar-refractivity contribution is 7.47. The summed E-state index contributed by atoms with van der Waals surface area (Å²) in [5.41, 5.74) is 0. The third-order valence-corrected chi connectivity index (χ3v) is 23.2. The molecule has 0 aliphatic heterocycles. The number of aliphatic hydroxyl groups is 1. The molecule has 5 atom stereocenters. The Morgan fingerprint density at radius 2 is 0.422 bits per heavy atom.